The van der Waals surface area contributed by atoms with Gasteiger partial charge in [0.05, 0.1) is 5.56 Å². The zero-order valence-electron chi connectivity index (χ0n) is 15.0. The van der Waals surface area contributed by atoms with Crippen molar-refractivity contribution in [3.05, 3.63) is 101 Å². The second kappa shape index (κ2) is 7.39. The molecule has 6 heteroatoms. The normalized spacial score (nSPS) is 15.3. The minimum atomic E-state index is -4.46. The Kier molecular flexibility index (Phi) is 4.76. The molecule has 0 spiro atoms. The van der Waals surface area contributed by atoms with Gasteiger partial charge in [-0.1, -0.05) is 54.6 Å². The van der Waals surface area contributed by atoms with E-state index in [-0.39, 0.29) is 17.2 Å². The fraction of sp³-hybridized carbons (Fsp3) is 0.0435. The summed E-state index contributed by atoms with van der Waals surface area (Å²) >= 11 is 0. The van der Waals surface area contributed by atoms with E-state index in [4.69, 9.17) is 4.74 Å². The third kappa shape index (κ3) is 4.11. The highest BCUT2D eigenvalue weighted by molar-refractivity contribution is 6.13. The lowest BCUT2D eigenvalue weighted by atomic mass is 10.0. The van der Waals surface area contributed by atoms with Crippen LogP contribution >= 0.6 is 0 Å². The zero-order chi connectivity index (χ0) is 20.4. The maximum absolute atomic E-state index is 12.9. The van der Waals surface area contributed by atoms with Gasteiger partial charge in [0, 0.05) is 5.56 Å². The van der Waals surface area contributed by atoms with E-state index in [1.54, 1.807) is 12.1 Å². The first-order valence-corrected chi connectivity index (χ1v) is 8.76. The van der Waals surface area contributed by atoms with Crippen LogP contribution in [-0.2, 0) is 15.7 Å². The van der Waals surface area contributed by atoms with Crippen LogP contribution in [0.2, 0.25) is 0 Å². The average Bonchev–Trinajstić information content (AvgIpc) is 3.09. The van der Waals surface area contributed by atoms with Crippen LogP contribution in [0.25, 0.3) is 17.2 Å². The fourth-order valence-electron chi connectivity index (χ4n) is 2.93. The van der Waals surface area contributed by atoms with Gasteiger partial charge in [0.15, 0.2) is 5.70 Å². The molecule has 0 N–H and O–H groups in total. The molecular weight excluding hydrogens is 379 g/mol. The maximum atomic E-state index is 12.9. The number of carbonyl (C=O) groups excluding carboxylic acids is 1. The molecule has 0 aliphatic carbocycles. The van der Waals surface area contributed by atoms with Crippen molar-refractivity contribution in [1.29, 1.82) is 0 Å². The van der Waals surface area contributed by atoms with Gasteiger partial charge in [-0.15, -0.1) is 0 Å². The Morgan fingerprint density at radius 1 is 0.793 bits per heavy atom. The first kappa shape index (κ1) is 18.7. The smallest absolute Gasteiger partial charge is 0.402 e. The molecule has 0 saturated carbocycles. The third-order valence-electron chi connectivity index (χ3n) is 4.38. The molecule has 4 rings (SSSR count). The van der Waals surface area contributed by atoms with Crippen LogP contribution in [0.1, 0.15) is 16.7 Å². The molecule has 3 aromatic rings. The number of ether oxygens (including phenoxy) is 1. The Morgan fingerprint density at radius 2 is 1.45 bits per heavy atom. The molecule has 0 aromatic heterocycles. The van der Waals surface area contributed by atoms with Crippen molar-refractivity contribution < 1.29 is 22.7 Å². The van der Waals surface area contributed by atoms with Gasteiger partial charge in [-0.2, -0.15) is 13.2 Å². The summed E-state index contributed by atoms with van der Waals surface area (Å²) in [5, 5.41) is 0. The van der Waals surface area contributed by atoms with Crippen LogP contribution < -0.4 is 0 Å². The van der Waals surface area contributed by atoms with Gasteiger partial charge < -0.3 is 4.74 Å². The minimum Gasteiger partial charge on any atom is -0.402 e. The van der Waals surface area contributed by atoms with E-state index in [1.165, 1.54) is 18.2 Å². The molecule has 0 bridgehead atoms. The van der Waals surface area contributed by atoms with Crippen LogP contribution in [0.5, 0.6) is 0 Å². The molecule has 29 heavy (non-hydrogen) atoms. The summed E-state index contributed by atoms with van der Waals surface area (Å²) in [5.74, 6) is -0.586. The molecule has 1 aliphatic rings. The second-order valence-corrected chi connectivity index (χ2v) is 6.40. The van der Waals surface area contributed by atoms with E-state index in [0.29, 0.717) is 5.56 Å². The predicted octanol–water partition coefficient (Wildman–Crippen LogP) is 5.72. The van der Waals surface area contributed by atoms with Crippen LogP contribution in [0, 0.1) is 0 Å². The van der Waals surface area contributed by atoms with Crippen molar-refractivity contribution in [2.75, 3.05) is 0 Å². The highest BCUT2D eigenvalue weighted by atomic mass is 19.4. The number of hydrogen-bond donors (Lipinski definition) is 0. The predicted molar refractivity (Wildman–Crippen MR) is 104 cm³/mol. The van der Waals surface area contributed by atoms with Crippen molar-refractivity contribution in [3.63, 3.8) is 0 Å². The van der Waals surface area contributed by atoms with Crippen molar-refractivity contribution in [1.82, 2.24) is 0 Å². The van der Waals surface area contributed by atoms with E-state index < -0.39 is 17.7 Å². The van der Waals surface area contributed by atoms with Gasteiger partial charge in [0.1, 0.15) is 0 Å². The molecule has 1 aliphatic heterocycles. The molecule has 144 valence electrons. The number of rotatable bonds is 3. The largest absolute Gasteiger partial charge is 0.416 e. The molecule has 0 radical (unpaired) electrons. The quantitative estimate of drug-likeness (QED) is 0.422. The van der Waals surface area contributed by atoms with Crippen molar-refractivity contribution in [2.45, 2.75) is 6.18 Å². The Labute approximate surface area is 164 Å². The van der Waals surface area contributed by atoms with Gasteiger partial charge in [-0.3, -0.25) is 0 Å². The van der Waals surface area contributed by atoms with Crippen molar-refractivity contribution in [3.8, 4) is 11.1 Å². The Balaban J connectivity index is 1.60. The zero-order valence-corrected chi connectivity index (χ0v) is 15.0. The summed E-state index contributed by atoms with van der Waals surface area (Å²) in [6, 6.07) is 21.8. The van der Waals surface area contributed by atoms with Gasteiger partial charge >= 0.3 is 12.1 Å². The lowest BCUT2D eigenvalue weighted by Crippen LogP contribution is -2.05. The Hall–Kier alpha value is -3.67. The molecule has 0 fully saturated rings. The molecule has 1 heterocycles. The average molecular weight is 393 g/mol. The molecule has 0 amide bonds. The number of benzene rings is 3. The standard InChI is InChI=1S/C23H14F3NO2/c24-23(25,26)19-8-4-5-15(13-19)14-20-22(28)29-21(27-20)18-11-9-17(10-12-18)16-6-2-1-3-7-16/h1-14H/b20-14-. The number of aliphatic imine (C=N–C) groups is 1. The van der Waals surface area contributed by atoms with Gasteiger partial charge in [-0.25, -0.2) is 9.79 Å². The number of hydrogen-bond acceptors (Lipinski definition) is 3. The van der Waals surface area contributed by atoms with Crippen LogP contribution in [-0.4, -0.2) is 11.9 Å². The molecule has 0 atom stereocenters. The fourth-order valence-corrected chi connectivity index (χ4v) is 2.93. The summed E-state index contributed by atoms with van der Waals surface area (Å²) in [5.41, 5.74) is 2.03. The van der Waals surface area contributed by atoms with Gasteiger partial charge in [0.25, 0.3) is 0 Å². The summed E-state index contributed by atoms with van der Waals surface area (Å²) in [4.78, 5) is 16.3. The number of halogens is 3. The highest BCUT2D eigenvalue weighted by Crippen LogP contribution is 2.30. The number of nitrogens with zero attached hydrogens (tertiary/aromatic N) is 1. The molecule has 0 unspecified atom stereocenters. The van der Waals surface area contributed by atoms with E-state index in [1.807, 2.05) is 42.5 Å². The van der Waals surface area contributed by atoms with Crippen LogP contribution in [0.15, 0.2) is 89.6 Å². The SMILES string of the molecule is O=C1OC(c2ccc(-c3ccccc3)cc2)=N/C1=C\c1cccc(C(F)(F)F)c1. The molecular formula is C23H14F3NO2. The third-order valence-corrected chi connectivity index (χ3v) is 4.38. The van der Waals surface area contributed by atoms with E-state index in [0.717, 1.165) is 23.3 Å². The number of cyclic esters (lactones) is 1. The monoisotopic (exact) mass is 393 g/mol. The second-order valence-electron chi connectivity index (χ2n) is 6.40. The first-order chi connectivity index (χ1) is 13.9. The van der Waals surface area contributed by atoms with Gasteiger partial charge in [0.2, 0.25) is 5.90 Å². The molecule has 3 nitrogen and oxygen atoms in total. The number of carbonyl (C=O) groups is 1. The lowest BCUT2D eigenvalue weighted by molar-refractivity contribution is -0.137. The Morgan fingerprint density at radius 3 is 2.14 bits per heavy atom. The van der Waals surface area contributed by atoms with E-state index in [9.17, 15) is 18.0 Å². The van der Waals surface area contributed by atoms with Crippen molar-refractivity contribution >= 4 is 17.9 Å². The van der Waals surface area contributed by atoms with E-state index in [2.05, 4.69) is 4.99 Å². The van der Waals surface area contributed by atoms with Crippen molar-refractivity contribution in [2.24, 2.45) is 4.99 Å². The minimum absolute atomic E-state index is 0.0496. The lowest BCUT2D eigenvalue weighted by Gasteiger charge is -2.06. The van der Waals surface area contributed by atoms with Crippen LogP contribution in [0.3, 0.4) is 0 Å². The maximum Gasteiger partial charge on any atom is 0.416 e. The van der Waals surface area contributed by atoms with E-state index >= 15 is 0 Å². The molecule has 3 aromatic carbocycles. The van der Waals surface area contributed by atoms with Crippen LogP contribution in [0.4, 0.5) is 13.2 Å². The number of alkyl halides is 3. The summed E-state index contributed by atoms with van der Waals surface area (Å²) in [7, 11) is 0. The summed E-state index contributed by atoms with van der Waals surface area (Å²) in [6.45, 7) is 0. The summed E-state index contributed by atoms with van der Waals surface area (Å²) in [6.07, 6.45) is -3.18. The highest BCUT2D eigenvalue weighted by Gasteiger charge is 2.30. The Bertz CT molecular complexity index is 1110. The van der Waals surface area contributed by atoms with Gasteiger partial charge in [-0.05, 0) is 47.0 Å². The molecule has 0 saturated heterocycles. The number of esters is 1. The topological polar surface area (TPSA) is 38.7 Å². The first-order valence-electron chi connectivity index (χ1n) is 8.76. The summed E-state index contributed by atoms with van der Waals surface area (Å²) < 4.78 is 43.8.